The quantitative estimate of drug-likeness (QED) is 0.753. The molecule has 126 valence electrons. The van der Waals surface area contributed by atoms with E-state index in [0.717, 1.165) is 0 Å². The van der Waals surface area contributed by atoms with Crippen LogP contribution in [0.15, 0.2) is 18.3 Å². The number of nitrogen functional groups attached to an aromatic ring is 1. The number of anilines is 2. The van der Waals surface area contributed by atoms with Gasteiger partial charge in [-0.3, -0.25) is 4.98 Å². The Morgan fingerprint density at radius 1 is 1.30 bits per heavy atom. The Bertz CT molecular complexity index is 679. The number of nitrogens with zero attached hydrogens (tertiary/aromatic N) is 3. The first-order valence-electron chi connectivity index (χ1n) is 7.17. The second-order valence-corrected chi connectivity index (χ2v) is 5.27. The SMILES string of the molecule is CCCCC(CO)(Nc1nc(N)nc2cccnc12)C(F)(F)F. The molecule has 0 amide bonds. The summed E-state index contributed by atoms with van der Waals surface area (Å²) >= 11 is 0. The molecule has 0 aliphatic carbocycles. The van der Waals surface area contributed by atoms with Gasteiger partial charge in [0.05, 0.1) is 12.1 Å². The predicted molar refractivity (Wildman–Crippen MR) is 80.8 cm³/mol. The summed E-state index contributed by atoms with van der Waals surface area (Å²) < 4.78 is 40.7. The molecular formula is C14H18F3N5O. The lowest BCUT2D eigenvalue weighted by atomic mass is 9.92. The molecule has 0 aliphatic heterocycles. The zero-order chi connectivity index (χ0) is 17.1. The highest BCUT2D eigenvalue weighted by atomic mass is 19.4. The first-order valence-corrected chi connectivity index (χ1v) is 7.17. The number of pyridine rings is 1. The number of aliphatic hydroxyl groups excluding tert-OH is 1. The van der Waals surface area contributed by atoms with Crippen molar-refractivity contribution in [3.8, 4) is 0 Å². The van der Waals surface area contributed by atoms with E-state index < -0.39 is 18.3 Å². The maximum Gasteiger partial charge on any atom is 0.413 e. The highest BCUT2D eigenvalue weighted by molar-refractivity contribution is 5.86. The van der Waals surface area contributed by atoms with Crippen LogP contribution in [-0.2, 0) is 0 Å². The van der Waals surface area contributed by atoms with Crippen LogP contribution < -0.4 is 11.1 Å². The Hall–Kier alpha value is -2.16. The zero-order valence-electron chi connectivity index (χ0n) is 12.6. The van der Waals surface area contributed by atoms with Crippen molar-refractivity contribution in [1.82, 2.24) is 15.0 Å². The van der Waals surface area contributed by atoms with Gasteiger partial charge in [0.25, 0.3) is 0 Å². The number of rotatable bonds is 6. The van der Waals surface area contributed by atoms with Gasteiger partial charge in [-0.25, -0.2) is 4.98 Å². The van der Waals surface area contributed by atoms with Gasteiger partial charge >= 0.3 is 6.18 Å². The normalized spacial score (nSPS) is 14.7. The number of halogens is 3. The molecule has 0 spiro atoms. The highest BCUT2D eigenvalue weighted by Gasteiger charge is 2.54. The fourth-order valence-corrected chi connectivity index (χ4v) is 2.26. The van der Waals surface area contributed by atoms with Crippen LogP contribution in [-0.4, -0.2) is 38.4 Å². The van der Waals surface area contributed by atoms with Crippen LogP contribution in [0.4, 0.5) is 24.9 Å². The van der Waals surface area contributed by atoms with Crippen LogP contribution >= 0.6 is 0 Å². The number of hydrogen-bond acceptors (Lipinski definition) is 6. The number of aliphatic hydroxyl groups is 1. The molecule has 2 aromatic heterocycles. The van der Waals surface area contributed by atoms with E-state index in [0.29, 0.717) is 18.4 Å². The van der Waals surface area contributed by atoms with Crippen LogP contribution in [0.3, 0.4) is 0 Å². The van der Waals surface area contributed by atoms with Crippen molar-refractivity contribution in [3.05, 3.63) is 18.3 Å². The predicted octanol–water partition coefficient (Wildman–Crippen LogP) is 2.50. The van der Waals surface area contributed by atoms with Crippen LogP contribution in [0.1, 0.15) is 26.2 Å². The van der Waals surface area contributed by atoms with Gasteiger partial charge in [-0.15, -0.1) is 0 Å². The molecular weight excluding hydrogens is 311 g/mol. The second kappa shape index (κ2) is 6.53. The Kier molecular flexibility index (Phi) is 4.88. The molecule has 23 heavy (non-hydrogen) atoms. The summed E-state index contributed by atoms with van der Waals surface area (Å²) in [6, 6.07) is 3.17. The van der Waals surface area contributed by atoms with Crippen molar-refractivity contribution in [2.24, 2.45) is 0 Å². The minimum absolute atomic E-state index is 0.143. The molecule has 2 heterocycles. The molecule has 0 radical (unpaired) electrons. The second-order valence-electron chi connectivity index (χ2n) is 5.27. The lowest BCUT2D eigenvalue weighted by Gasteiger charge is -2.35. The fourth-order valence-electron chi connectivity index (χ4n) is 2.26. The molecule has 0 aromatic carbocycles. The standard InChI is InChI=1S/C14H18F3N5O/c1-2-3-6-13(8-23,14(15,16)17)22-11-10-9(5-4-7-19-10)20-12(18)21-11/h4-5,7,23H,2-3,6,8H2,1H3,(H3,18,20,21,22). The summed E-state index contributed by atoms with van der Waals surface area (Å²) in [6.45, 7) is 0.660. The van der Waals surface area contributed by atoms with E-state index >= 15 is 0 Å². The molecule has 6 nitrogen and oxygen atoms in total. The first-order chi connectivity index (χ1) is 10.8. The van der Waals surface area contributed by atoms with Crippen LogP contribution in [0.2, 0.25) is 0 Å². The molecule has 2 aromatic rings. The summed E-state index contributed by atoms with van der Waals surface area (Å²) in [6.07, 6.45) is -2.68. The fraction of sp³-hybridized carbons (Fsp3) is 0.500. The van der Waals surface area contributed by atoms with Gasteiger partial charge in [-0.2, -0.15) is 18.2 Å². The van der Waals surface area contributed by atoms with Crippen molar-refractivity contribution >= 4 is 22.8 Å². The van der Waals surface area contributed by atoms with Crippen molar-refractivity contribution in [2.45, 2.75) is 37.9 Å². The molecule has 0 bridgehead atoms. The summed E-state index contributed by atoms with van der Waals surface area (Å²) in [5.41, 5.74) is 3.55. The molecule has 0 saturated carbocycles. The largest absolute Gasteiger partial charge is 0.413 e. The topological polar surface area (TPSA) is 97.0 Å². The average molecular weight is 329 g/mol. The monoisotopic (exact) mass is 329 g/mol. The van der Waals surface area contributed by atoms with Gasteiger partial charge in [-0.05, 0) is 18.6 Å². The molecule has 4 N–H and O–H groups in total. The smallest absolute Gasteiger partial charge is 0.394 e. The number of aromatic nitrogens is 3. The van der Waals surface area contributed by atoms with Crippen molar-refractivity contribution < 1.29 is 18.3 Å². The number of nitrogens with two attached hydrogens (primary N) is 1. The van der Waals surface area contributed by atoms with Crippen LogP contribution in [0.5, 0.6) is 0 Å². The Morgan fingerprint density at radius 2 is 2.04 bits per heavy atom. The lowest BCUT2D eigenvalue weighted by Crippen LogP contribution is -2.55. The minimum Gasteiger partial charge on any atom is -0.394 e. The van der Waals surface area contributed by atoms with E-state index in [9.17, 15) is 18.3 Å². The molecule has 0 fully saturated rings. The molecule has 1 atom stereocenters. The number of hydrogen-bond donors (Lipinski definition) is 3. The average Bonchev–Trinajstić information content (AvgIpc) is 2.50. The summed E-state index contributed by atoms with van der Waals surface area (Å²) in [5.74, 6) is -0.312. The van der Waals surface area contributed by atoms with Crippen molar-refractivity contribution in [3.63, 3.8) is 0 Å². The van der Waals surface area contributed by atoms with Gasteiger partial charge in [0.15, 0.2) is 11.4 Å². The highest BCUT2D eigenvalue weighted by Crippen LogP contribution is 2.38. The first kappa shape index (κ1) is 17.2. The van der Waals surface area contributed by atoms with E-state index in [1.807, 2.05) is 0 Å². The zero-order valence-corrected chi connectivity index (χ0v) is 12.6. The van der Waals surface area contributed by atoms with E-state index in [4.69, 9.17) is 5.73 Å². The number of nitrogens with one attached hydrogen (secondary N) is 1. The van der Waals surface area contributed by atoms with Crippen molar-refractivity contribution in [1.29, 1.82) is 0 Å². The van der Waals surface area contributed by atoms with Crippen molar-refractivity contribution in [2.75, 3.05) is 17.7 Å². The maximum absolute atomic E-state index is 13.6. The third-order valence-corrected chi connectivity index (χ3v) is 3.60. The summed E-state index contributed by atoms with van der Waals surface area (Å²) in [4.78, 5) is 11.8. The number of alkyl halides is 3. The third-order valence-electron chi connectivity index (χ3n) is 3.60. The number of fused-ring (bicyclic) bond motifs is 1. The van der Waals surface area contributed by atoms with E-state index in [1.165, 1.54) is 6.20 Å². The summed E-state index contributed by atoms with van der Waals surface area (Å²) in [5, 5.41) is 11.8. The van der Waals surface area contributed by atoms with Crippen LogP contribution in [0, 0.1) is 0 Å². The number of unbranched alkanes of at least 4 members (excludes halogenated alkanes) is 1. The Labute approximate surface area is 131 Å². The summed E-state index contributed by atoms with van der Waals surface area (Å²) in [7, 11) is 0. The van der Waals surface area contributed by atoms with Crippen LogP contribution in [0.25, 0.3) is 11.0 Å². The molecule has 0 aliphatic rings. The van der Waals surface area contributed by atoms with E-state index in [1.54, 1.807) is 19.1 Å². The van der Waals surface area contributed by atoms with E-state index in [-0.39, 0.29) is 23.7 Å². The Balaban J connectivity index is 2.51. The maximum atomic E-state index is 13.6. The molecule has 1 unspecified atom stereocenters. The minimum atomic E-state index is -4.67. The molecule has 9 heteroatoms. The lowest BCUT2D eigenvalue weighted by molar-refractivity contribution is -0.190. The van der Waals surface area contributed by atoms with Gasteiger partial charge in [-0.1, -0.05) is 19.8 Å². The van der Waals surface area contributed by atoms with Gasteiger partial charge in [0.1, 0.15) is 5.52 Å². The molecule has 2 rings (SSSR count). The van der Waals surface area contributed by atoms with E-state index in [2.05, 4.69) is 20.3 Å². The van der Waals surface area contributed by atoms with Gasteiger partial charge < -0.3 is 16.2 Å². The third kappa shape index (κ3) is 3.44. The molecule has 0 saturated heterocycles. The van der Waals surface area contributed by atoms with Gasteiger partial charge in [0.2, 0.25) is 5.95 Å². The Morgan fingerprint density at radius 3 is 2.65 bits per heavy atom. The van der Waals surface area contributed by atoms with Gasteiger partial charge in [0, 0.05) is 6.20 Å².